The lowest BCUT2D eigenvalue weighted by Gasteiger charge is -2.44. The monoisotopic (exact) mass is 423 g/mol. The van der Waals surface area contributed by atoms with Crippen LogP contribution < -0.4 is 0 Å². The molecule has 0 unspecified atom stereocenters. The molecular formula is C20H25NO7S. The molecule has 2 aliphatic rings. The van der Waals surface area contributed by atoms with E-state index in [1.807, 2.05) is 6.92 Å². The molecule has 1 aliphatic carbocycles. The number of sulfonamides is 1. The highest BCUT2D eigenvalue weighted by molar-refractivity contribution is 7.89. The van der Waals surface area contributed by atoms with Crippen LogP contribution in [0, 0.1) is 18.3 Å². The number of ether oxygens (including phenoxy) is 1. The smallest absolute Gasteiger partial charge is 0.305 e. The maximum atomic E-state index is 13.3. The Kier molecular flexibility index (Phi) is 5.82. The van der Waals surface area contributed by atoms with Crippen molar-refractivity contribution >= 4 is 27.7 Å². The Morgan fingerprint density at radius 1 is 1.24 bits per heavy atom. The van der Waals surface area contributed by atoms with Gasteiger partial charge in [0.15, 0.2) is 5.78 Å². The summed E-state index contributed by atoms with van der Waals surface area (Å²) >= 11 is 0. The molecule has 0 amide bonds. The van der Waals surface area contributed by atoms with E-state index in [4.69, 9.17) is 4.74 Å². The quantitative estimate of drug-likeness (QED) is 0.693. The van der Waals surface area contributed by atoms with Gasteiger partial charge >= 0.3 is 11.9 Å². The number of carboxylic acid groups (broad SMARTS) is 1. The van der Waals surface area contributed by atoms with Crippen LogP contribution >= 0.6 is 0 Å². The molecule has 8 nitrogen and oxygen atoms in total. The summed E-state index contributed by atoms with van der Waals surface area (Å²) in [5.74, 6) is -2.73. The lowest BCUT2D eigenvalue weighted by molar-refractivity contribution is -0.152. The Bertz CT molecular complexity index is 925. The second-order valence-corrected chi connectivity index (χ2v) is 9.71. The minimum Gasteiger partial charge on any atom is -0.481 e. The van der Waals surface area contributed by atoms with Crippen LogP contribution in [0.2, 0.25) is 0 Å². The van der Waals surface area contributed by atoms with Crippen molar-refractivity contribution in [3.8, 4) is 0 Å². The second kappa shape index (κ2) is 7.87. The molecule has 0 spiro atoms. The molecular weight excluding hydrogens is 398 g/mol. The molecule has 0 bridgehead atoms. The van der Waals surface area contributed by atoms with Crippen molar-refractivity contribution in [1.82, 2.24) is 4.31 Å². The number of benzene rings is 1. The lowest BCUT2D eigenvalue weighted by Crippen LogP contribution is -2.52. The van der Waals surface area contributed by atoms with Crippen molar-refractivity contribution in [1.29, 1.82) is 0 Å². The molecule has 1 aliphatic heterocycles. The van der Waals surface area contributed by atoms with E-state index >= 15 is 0 Å². The molecule has 1 saturated carbocycles. The number of hydrogen-bond acceptors (Lipinski definition) is 6. The van der Waals surface area contributed by atoms with Crippen LogP contribution in [0.25, 0.3) is 0 Å². The highest BCUT2D eigenvalue weighted by atomic mass is 32.2. The van der Waals surface area contributed by atoms with Crippen molar-refractivity contribution in [3.05, 3.63) is 29.8 Å². The largest absolute Gasteiger partial charge is 0.481 e. The molecule has 0 radical (unpaired) electrons. The zero-order valence-corrected chi connectivity index (χ0v) is 17.3. The van der Waals surface area contributed by atoms with Crippen LogP contribution in [0.1, 0.15) is 37.7 Å². The Balaban J connectivity index is 2.06. The summed E-state index contributed by atoms with van der Waals surface area (Å²) in [6.45, 7) is 1.46. The van der Waals surface area contributed by atoms with Crippen LogP contribution in [0.5, 0.6) is 0 Å². The Morgan fingerprint density at radius 3 is 2.48 bits per heavy atom. The molecule has 1 N–H and O–H groups in total. The number of carboxylic acids is 1. The summed E-state index contributed by atoms with van der Waals surface area (Å²) < 4.78 is 32.5. The van der Waals surface area contributed by atoms with Gasteiger partial charge in [-0.3, -0.25) is 14.4 Å². The fraction of sp³-hybridized carbons (Fsp3) is 0.550. The maximum absolute atomic E-state index is 13.3. The summed E-state index contributed by atoms with van der Waals surface area (Å²) in [6.07, 6.45) is 0.842. The van der Waals surface area contributed by atoms with Crippen molar-refractivity contribution in [2.75, 3.05) is 13.7 Å². The number of aliphatic carboxylic acids is 1. The van der Waals surface area contributed by atoms with Crippen LogP contribution in [-0.2, 0) is 29.1 Å². The second-order valence-electron chi connectivity index (χ2n) is 7.82. The number of carbonyl (C=O) groups is 3. The Hall–Kier alpha value is -2.26. The van der Waals surface area contributed by atoms with E-state index in [2.05, 4.69) is 0 Å². The molecule has 1 aromatic carbocycles. The third-order valence-electron chi connectivity index (χ3n) is 6.23. The Morgan fingerprint density at radius 2 is 1.90 bits per heavy atom. The number of esters is 1. The van der Waals surface area contributed by atoms with Crippen molar-refractivity contribution in [2.45, 2.75) is 50.0 Å². The SMILES string of the molecule is COC(=O)C[C@@H]1CCC[C@H]2N(S(=O)(=O)c3ccc(C)cc3)CC(=O)[C@@]12CC(=O)O. The molecule has 0 aromatic heterocycles. The summed E-state index contributed by atoms with van der Waals surface area (Å²) in [4.78, 5) is 36.8. The van der Waals surface area contributed by atoms with Gasteiger partial charge in [-0.2, -0.15) is 4.31 Å². The molecule has 158 valence electrons. The highest BCUT2D eigenvalue weighted by Gasteiger charge is 2.63. The topological polar surface area (TPSA) is 118 Å². The Labute approximate surface area is 169 Å². The molecule has 3 rings (SSSR count). The van der Waals surface area contributed by atoms with Crippen LogP contribution in [-0.4, -0.2) is 55.2 Å². The summed E-state index contributed by atoms with van der Waals surface area (Å²) in [5, 5.41) is 9.53. The van der Waals surface area contributed by atoms with Crippen molar-refractivity contribution < 1.29 is 32.6 Å². The van der Waals surface area contributed by atoms with Crippen molar-refractivity contribution in [3.63, 3.8) is 0 Å². The molecule has 1 aromatic rings. The van der Waals surface area contributed by atoms with Gasteiger partial charge in [-0.25, -0.2) is 8.42 Å². The van der Waals surface area contributed by atoms with Crippen molar-refractivity contribution in [2.24, 2.45) is 11.3 Å². The van der Waals surface area contributed by atoms with E-state index < -0.39 is 51.5 Å². The third kappa shape index (κ3) is 3.69. The molecule has 1 heterocycles. The van der Waals surface area contributed by atoms with Gasteiger partial charge in [0.1, 0.15) is 0 Å². The van der Waals surface area contributed by atoms with E-state index in [9.17, 15) is 27.9 Å². The number of fused-ring (bicyclic) bond motifs is 1. The van der Waals surface area contributed by atoms with E-state index in [1.165, 1.54) is 19.2 Å². The van der Waals surface area contributed by atoms with Gasteiger partial charge < -0.3 is 9.84 Å². The number of Topliss-reactive ketones (excluding diaryl/α,β-unsaturated/α-hetero) is 1. The molecule has 9 heteroatoms. The summed E-state index contributed by atoms with van der Waals surface area (Å²) in [7, 11) is -2.75. The minimum atomic E-state index is -3.99. The molecule has 3 atom stereocenters. The van der Waals surface area contributed by atoms with Gasteiger partial charge in [0.25, 0.3) is 0 Å². The van der Waals surface area contributed by atoms with Gasteiger partial charge in [-0.05, 0) is 37.8 Å². The number of carbonyl (C=O) groups excluding carboxylic acids is 2. The summed E-state index contributed by atoms with van der Waals surface area (Å²) in [5.41, 5.74) is -0.520. The van der Waals surface area contributed by atoms with Crippen LogP contribution in [0.4, 0.5) is 0 Å². The van der Waals surface area contributed by atoms with E-state index in [0.717, 1.165) is 9.87 Å². The van der Waals surface area contributed by atoms with Gasteiger partial charge in [0.05, 0.1) is 30.4 Å². The summed E-state index contributed by atoms with van der Waals surface area (Å²) in [6, 6.07) is 5.54. The molecule has 2 fully saturated rings. The normalized spacial score (nSPS) is 27.4. The number of hydrogen-bond donors (Lipinski definition) is 1. The van der Waals surface area contributed by atoms with E-state index in [-0.39, 0.29) is 17.9 Å². The van der Waals surface area contributed by atoms with E-state index in [1.54, 1.807) is 12.1 Å². The average molecular weight is 423 g/mol. The predicted molar refractivity (Wildman–Crippen MR) is 103 cm³/mol. The third-order valence-corrected chi connectivity index (χ3v) is 8.10. The fourth-order valence-electron chi connectivity index (χ4n) is 4.84. The van der Waals surface area contributed by atoms with E-state index in [0.29, 0.717) is 19.3 Å². The predicted octanol–water partition coefficient (Wildman–Crippen LogP) is 1.76. The van der Waals surface area contributed by atoms with Gasteiger partial charge in [-0.1, -0.05) is 24.1 Å². The van der Waals surface area contributed by atoms with Crippen LogP contribution in [0.3, 0.4) is 0 Å². The number of aryl methyl sites for hydroxylation is 1. The van der Waals surface area contributed by atoms with Crippen LogP contribution in [0.15, 0.2) is 29.2 Å². The lowest BCUT2D eigenvalue weighted by atomic mass is 9.60. The van der Waals surface area contributed by atoms with Gasteiger partial charge in [0.2, 0.25) is 10.0 Å². The molecule has 29 heavy (non-hydrogen) atoms. The first-order chi connectivity index (χ1) is 13.6. The molecule has 1 saturated heterocycles. The zero-order chi connectivity index (χ0) is 21.4. The van der Waals surface area contributed by atoms with Gasteiger partial charge in [0, 0.05) is 12.5 Å². The minimum absolute atomic E-state index is 0.0668. The average Bonchev–Trinajstić information content (AvgIpc) is 2.96. The highest BCUT2D eigenvalue weighted by Crippen LogP contribution is 2.53. The standard InChI is InChI=1S/C20H25NO7S/c1-13-6-8-15(9-7-13)29(26,27)21-12-17(22)20(11-18(23)24)14(10-19(25)28-2)4-3-5-16(20)21/h6-9,14,16H,3-5,10-12H2,1-2H3,(H,23,24)/t14-,16+,20-/m0/s1. The number of ketones is 1. The maximum Gasteiger partial charge on any atom is 0.305 e. The number of methoxy groups -OCH3 is 1. The first kappa shape index (κ1) is 21.4. The fourth-order valence-corrected chi connectivity index (χ4v) is 6.50. The number of rotatable bonds is 6. The first-order valence-electron chi connectivity index (χ1n) is 9.53. The van der Waals surface area contributed by atoms with Gasteiger partial charge in [-0.15, -0.1) is 0 Å². The number of nitrogens with zero attached hydrogens (tertiary/aromatic N) is 1. The zero-order valence-electron chi connectivity index (χ0n) is 16.5. The first-order valence-corrected chi connectivity index (χ1v) is 11.0.